The van der Waals surface area contributed by atoms with Crippen molar-refractivity contribution in [2.75, 3.05) is 64.9 Å². The predicted molar refractivity (Wildman–Crippen MR) is 126 cm³/mol. The number of benzene rings is 1. The third-order valence-electron chi connectivity index (χ3n) is 6.20. The Bertz CT molecular complexity index is 876. The summed E-state index contributed by atoms with van der Waals surface area (Å²) in [6, 6.07) is 12.8. The highest BCUT2D eigenvalue weighted by Crippen LogP contribution is 2.25. The van der Waals surface area contributed by atoms with Gasteiger partial charge in [-0.15, -0.1) is 0 Å². The molecule has 1 atom stereocenters. The van der Waals surface area contributed by atoms with E-state index in [1.165, 1.54) is 11.1 Å². The minimum atomic E-state index is 0.0676. The molecule has 0 amide bonds. The quantitative estimate of drug-likeness (QED) is 0.603. The lowest BCUT2D eigenvalue weighted by molar-refractivity contribution is -0.00834. The second-order valence-electron chi connectivity index (χ2n) is 8.38. The van der Waals surface area contributed by atoms with Crippen LogP contribution >= 0.6 is 0 Å². The SMILES string of the molecule is CN=C(NCc1ccc(N2CCN(C)CC2)nc1)N1CCOC(c2ccccc2C)C1. The van der Waals surface area contributed by atoms with Crippen molar-refractivity contribution in [3.8, 4) is 0 Å². The summed E-state index contributed by atoms with van der Waals surface area (Å²) in [6.45, 7) is 9.42. The van der Waals surface area contributed by atoms with Gasteiger partial charge in [0.25, 0.3) is 0 Å². The molecule has 2 aliphatic heterocycles. The molecule has 0 spiro atoms. The maximum Gasteiger partial charge on any atom is 0.194 e. The fourth-order valence-electron chi connectivity index (χ4n) is 4.24. The van der Waals surface area contributed by atoms with Crippen LogP contribution in [0.15, 0.2) is 47.6 Å². The lowest BCUT2D eigenvalue weighted by Crippen LogP contribution is -2.48. The topological polar surface area (TPSA) is 56.2 Å². The lowest BCUT2D eigenvalue weighted by Gasteiger charge is -2.35. The second kappa shape index (κ2) is 10.1. The Balaban J connectivity index is 1.33. The van der Waals surface area contributed by atoms with Gasteiger partial charge in [0, 0.05) is 52.5 Å². The van der Waals surface area contributed by atoms with E-state index in [1.807, 2.05) is 13.2 Å². The molecule has 1 unspecified atom stereocenters. The zero-order valence-electron chi connectivity index (χ0n) is 18.9. The Kier molecular flexibility index (Phi) is 7.04. The highest BCUT2D eigenvalue weighted by atomic mass is 16.5. The Morgan fingerprint density at radius 3 is 2.65 bits per heavy atom. The summed E-state index contributed by atoms with van der Waals surface area (Å²) in [5, 5.41) is 3.51. The number of guanidine groups is 1. The summed E-state index contributed by atoms with van der Waals surface area (Å²) in [4.78, 5) is 16.2. The van der Waals surface area contributed by atoms with Crippen molar-refractivity contribution < 1.29 is 4.74 Å². The van der Waals surface area contributed by atoms with E-state index in [2.05, 4.69) is 75.4 Å². The van der Waals surface area contributed by atoms with Gasteiger partial charge in [0.15, 0.2) is 5.96 Å². The van der Waals surface area contributed by atoms with Crippen molar-refractivity contribution in [2.24, 2.45) is 4.99 Å². The van der Waals surface area contributed by atoms with E-state index in [-0.39, 0.29) is 6.10 Å². The van der Waals surface area contributed by atoms with Crippen molar-refractivity contribution in [3.63, 3.8) is 0 Å². The first-order valence-electron chi connectivity index (χ1n) is 11.1. The number of ether oxygens (including phenoxy) is 1. The van der Waals surface area contributed by atoms with Crippen LogP contribution in [0.4, 0.5) is 5.82 Å². The van der Waals surface area contributed by atoms with Gasteiger partial charge in [-0.25, -0.2) is 4.98 Å². The van der Waals surface area contributed by atoms with Crippen LogP contribution in [0.5, 0.6) is 0 Å². The monoisotopic (exact) mass is 422 g/mol. The molecule has 7 heteroatoms. The van der Waals surface area contributed by atoms with Crippen LogP contribution < -0.4 is 10.2 Å². The number of piperazine rings is 1. The number of anilines is 1. The molecule has 4 rings (SSSR count). The van der Waals surface area contributed by atoms with Gasteiger partial charge < -0.3 is 24.8 Å². The van der Waals surface area contributed by atoms with E-state index in [4.69, 9.17) is 9.72 Å². The number of aryl methyl sites for hydroxylation is 1. The standard InChI is InChI=1S/C24H34N6O/c1-19-6-4-5-7-21(19)22-18-30(14-15-31-22)24(25-2)27-17-20-8-9-23(26-16-20)29-12-10-28(3)11-13-29/h4-9,16,22H,10-15,17-18H2,1-3H3,(H,25,27). The van der Waals surface area contributed by atoms with Gasteiger partial charge >= 0.3 is 0 Å². The Hall–Kier alpha value is -2.64. The van der Waals surface area contributed by atoms with Crippen molar-refractivity contribution in [3.05, 3.63) is 59.3 Å². The van der Waals surface area contributed by atoms with E-state index >= 15 is 0 Å². The van der Waals surface area contributed by atoms with Gasteiger partial charge in [-0.3, -0.25) is 4.99 Å². The third-order valence-corrected chi connectivity index (χ3v) is 6.20. The molecule has 2 saturated heterocycles. The first-order valence-corrected chi connectivity index (χ1v) is 11.1. The van der Waals surface area contributed by atoms with E-state index in [9.17, 15) is 0 Å². The summed E-state index contributed by atoms with van der Waals surface area (Å²) in [7, 11) is 4.01. The average molecular weight is 423 g/mol. The molecule has 0 saturated carbocycles. The number of hydrogen-bond donors (Lipinski definition) is 1. The van der Waals surface area contributed by atoms with Gasteiger partial charge in [0.05, 0.1) is 13.2 Å². The van der Waals surface area contributed by atoms with E-state index in [1.54, 1.807) is 0 Å². The molecule has 1 aromatic carbocycles. The number of aromatic nitrogens is 1. The van der Waals surface area contributed by atoms with Gasteiger partial charge in [-0.05, 0) is 36.7 Å². The Morgan fingerprint density at radius 1 is 1.13 bits per heavy atom. The molecular formula is C24H34N6O. The largest absolute Gasteiger partial charge is 0.370 e. The van der Waals surface area contributed by atoms with Crippen molar-refractivity contribution in [2.45, 2.75) is 19.6 Å². The summed E-state index contributed by atoms with van der Waals surface area (Å²) in [5.41, 5.74) is 3.68. The molecule has 31 heavy (non-hydrogen) atoms. The molecule has 0 bridgehead atoms. The maximum atomic E-state index is 6.07. The molecule has 0 radical (unpaired) electrons. The smallest absolute Gasteiger partial charge is 0.194 e. The minimum absolute atomic E-state index is 0.0676. The van der Waals surface area contributed by atoms with E-state index in [0.717, 1.165) is 56.6 Å². The van der Waals surface area contributed by atoms with Crippen LogP contribution in [-0.4, -0.2) is 80.7 Å². The fraction of sp³-hybridized carbons (Fsp3) is 0.500. The number of morpholine rings is 1. The van der Waals surface area contributed by atoms with Crippen LogP contribution in [0.1, 0.15) is 22.8 Å². The molecular weight excluding hydrogens is 388 g/mol. The number of pyridine rings is 1. The first kappa shape index (κ1) is 21.6. The zero-order chi connectivity index (χ0) is 21.6. The molecule has 166 valence electrons. The van der Waals surface area contributed by atoms with E-state index < -0.39 is 0 Å². The highest BCUT2D eigenvalue weighted by Gasteiger charge is 2.25. The fourth-order valence-corrected chi connectivity index (χ4v) is 4.24. The second-order valence-corrected chi connectivity index (χ2v) is 8.38. The normalized spacial score (nSPS) is 20.7. The first-order chi connectivity index (χ1) is 15.1. The number of aliphatic imine (C=N–C) groups is 1. The summed E-state index contributed by atoms with van der Waals surface area (Å²) in [6.07, 6.45) is 2.04. The van der Waals surface area contributed by atoms with Gasteiger partial charge in [-0.2, -0.15) is 0 Å². The molecule has 2 aliphatic rings. The molecule has 2 fully saturated rings. The summed E-state index contributed by atoms with van der Waals surface area (Å²) < 4.78 is 6.07. The van der Waals surface area contributed by atoms with Gasteiger partial charge in [0.2, 0.25) is 0 Å². The minimum Gasteiger partial charge on any atom is -0.370 e. The molecule has 1 N–H and O–H groups in total. The van der Waals surface area contributed by atoms with Crippen molar-refractivity contribution in [1.29, 1.82) is 0 Å². The number of hydrogen-bond acceptors (Lipinski definition) is 5. The molecule has 2 aromatic rings. The highest BCUT2D eigenvalue weighted by molar-refractivity contribution is 5.80. The predicted octanol–water partition coefficient (Wildman–Crippen LogP) is 2.29. The summed E-state index contributed by atoms with van der Waals surface area (Å²) >= 11 is 0. The van der Waals surface area contributed by atoms with Crippen molar-refractivity contribution >= 4 is 11.8 Å². The number of likely N-dealkylation sites (N-methyl/N-ethyl adjacent to an activating group) is 1. The molecule has 3 heterocycles. The zero-order valence-corrected chi connectivity index (χ0v) is 18.9. The number of nitrogens with one attached hydrogen (secondary N) is 1. The Morgan fingerprint density at radius 2 is 1.94 bits per heavy atom. The van der Waals surface area contributed by atoms with Gasteiger partial charge in [-0.1, -0.05) is 30.3 Å². The van der Waals surface area contributed by atoms with Crippen LogP contribution in [0.3, 0.4) is 0 Å². The Labute approximate surface area is 185 Å². The third kappa shape index (κ3) is 5.35. The molecule has 1 aromatic heterocycles. The van der Waals surface area contributed by atoms with Gasteiger partial charge in [0.1, 0.15) is 11.9 Å². The maximum absolute atomic E-state index is 6.07. The van der Waals surface area contributed by atoms with Crippen LogP contribution in [0.2, 0.25) is 0 Å². The molecule has 0 aliphatic carbocycles. The average Bonchev–Trinajstić information content (AvgIpc) is 2.81. The van der Waals surface area contributed by atoms with Crippen molar-refractivity contribution in [1.82, 2.24) is 20.1 Å². The molecule has 7 nitrogen and oxygen atoms in total. The van der Waals surface area contributed by atoms with Crippen LogP contribution in [-0.2, 0) is 11.3 Å². The lowest BCUT2D eigenvalue weighted by atomic mass is 10.0. The van der Waals surface area contributed by atoms with E-state index in [0.29, 0.717) is 13.2 Å². The van der Waals surface area contributed by atoms with Crippen LogP contribution in [0.25, 0.3) is 0 Å². The summed E-state index contributed by atoms with van der Waals surface area (Å²) in [5.74, 6) is 1.97. The van der Waals surface area contributed by atoms with Crippen LogP contribution in [0, 0.1) is 6.92 Å². The number of rotatable bonds is 4. The number of nitrogens with zero attached hydrogens (tertiary/aromatic N) is 5.